The minimum Gasteiger partial charge on any atom is -0.207 e. The van der Waals surface area contributed by atoms with E-state index in [1.54, 1.807) is 0 Å². The predicted molar refractivity (Wildman–Crippen MR) is 63.8 cm³/mol. The zero-order valence-electron chi connectivity index (χ0n) is 9.56. The highest BCUT2D eigenvalue weighted by atomic mass is 35.5. The summed E-state index contributed by atoms with van der Waals surface area (Å²) >= 11 is 5.99. The van der Waals surface area contributed by atoms with Gasteiger partial charge in [0, 0.05) is 5.38 Å². The van der Waals surface area contributed by atoms with Crippen LogP contribution in [0.4, 0.5) is 4.39 Å². The summed E-state index contributed by atoms with van der Waals surface area (Å²) in [6, 6.07) is 6.71. The largest absolute Gasteiger partial charge is 0.207 e. The summed E-state index contributed by atoms with van der Waals surface area (Å²) in [5.41, 5.74) is 1.33. The van der Waals surface area contributed by atoms with E-state index < -0.39 is 0 Å². The Morgan fingerprint density at radius 1 is 1.27 bits per heavy atom. The number of halogens is 2. The van der Waals surface area contributed by atoms with E-state index in [-0.39, 0.29) is 16.6 Å². The molecule has 0 heterocycles. The van der Waals surface area contributed by atoms with Crippen LogP contribution in [0.15, 0.2) is 24.3 Å². The molecule has 0 aliphatic carbocycles. The molecule has 1 rings (SSSR count). The molecule has 0 aliphatic heterocycles. The molecule has 2 heteroatoms. The summed E-state index contributed by atoms with van der Waals surface area (Å²) in [5, 5.41) is 0.181. The van der Waals surface area contributed by atoms with Crippen LogP contribution in [0.5, 0.6) is 0 Å². The molecule has 0 N–H and O–H groups in total. The zero-order chi connectivity index (χ0) is 11.5. The molecule has 1 atom stereocenters. The van der Waals surface area contributed by atoms with Gasteiger partial charge in [0.05, 0.1) is 0 Å². The number of rotatable bonds is 4. The second-order valence-corrected chi connectivity index (χ2v) is 5.70. The van der Waals surface area contributed by atoms with Gasteiger partial charge in [0.25, 0.3) is 0 Å². The standard InChI is InChI=1S/C13H18ClF/c1-10(14)8-13(2,3)9-11-4-6-12(15)7-5-11/h4-7,10H,8-9H2,1-3H3. The molecule has 0 amide bonds. The van der Waals surface area contributed by atoms with Gasteiger partial charge in [0.1, 0.15) is 5.82 Å². The van der Waals surface area contributed by atoms with Gasteiger partial charge in [-0.25, -0.2) is 4.39 Å². The van der Waals surface area contributed by atoms with E-state index in [1.165, 1.54) is 17.7 Å². The van der Waals surface area contributed by atoms with Gasteiger partial charge in [0.15, 0.2) is 0 Å². The Bertz CT molecular complexity index is 301. The Balaban J connectivity index is 2.64. The van der Waals surface area contributed by atoms with E-state index in [1.807, 2.05) is 19.1 Å². The molecule has 0 aromatic heterocycles. The lowest BCUT2D eigenvalue weighted by Gasteiger charge is -2.26. The molecule has 0 spiro atoms. The van der Waals surface area contributed by atoms with Gasteiger partial charge in [-0.3, -0.25) is 0 Å². The fraction of sp³-hybridized carbons (Fsp3) is 0.538. The summed E-state index contributed by atoms with van der Waals surface area (Å²) in [5.74, 6) is -0.178. The van der Waals surface area contributed by atoms with Crippen LogP contribution in [-0.4, -0.2) is 5.38 Å². The van der Waals surface area contributed by atoms with Gasteiger partial charge in [0.2, 0.25) is 0 Å². The summed E-state index contributed by atoms with van der Waals surface area (Å²) in [6.07, 6.45) is 1.90. The Hall–Kier alpha value is -0.560. The number of hydrogen-bond donors (Lipinski definition) is 0. The first-order chi connectivity index (χ1) is 6.89. The van der Waals surface area contributed by atoms with E-state index in [4.69, 9.17) is 11.6 Å². The van der Waals surface area contributed by atoms with E-state index in [0.717, 1.165) is 12.8 Å². The molecule has 0 nitrogen and oxygen atoms in total. The van der Waals surface area contributed by atoms with Gasteiger partial charge >= 0.3 is 0 Å². The number of hydrogen-bond acceptors (Lipinski definition) is 0. The Morgan fingerprint density at radius 3 is 2.27 bits per heavy atom. The van der Waals surface area contributed by atoms with E-state index in [0.29, 0.717) is 0 Å². The smallest absolute Gasteiger partial charge is 0.123 e. The molecule has 0 aliphatic rings. The van der Waals surface area contributed by atoms with Crippen LogP contribution >= 0.6 is 11.6 Å². The summed E-state index contributed by atoms with van der Waals surface area (Å²) in [4.78, 5) is 0. The molecule has 0 saturated carbocycles. The van der Waals surface area contributed by atoms with Gasteiger partial charge in [-0.05, 0) is 42.9 Å². The highest BCUT2D eigenvalue weighted by Crippen LogP contribution is 2.29. The summed E-state index contributed by atoms with van der Waals surface area (Å²) < 4.78 is 12.7. The van der Waals surface area contributed by atoms with Gasteiger partial charge < -0.3 is 0 Å². The van der Waals surface area contributed by atoms with Gasteiger partial charge in [-0.1, -0.05) is 26.0 Å². The van der Waals surface area contributed by atoms with Crippen molar-refractivity contribution in [3.05, 3.63) is 35.6 Å². The summed E-state index contributed by atoms with van der Waals surface area (Å²) in [6.45, 7) is 6.39. The predicted octanol–water partition coefficient (Wildman–Crippen LogP) is 4.41. The molecule has 1 aromatic carbocycles. The third-order valence-corrected chi connectivity index (χ3v) is 2.58. The SMILES string of the molecule is CC(Cl)CC(C)(C)Cc1ccc(F)cc1. The molecule has 0 saturated heterocycles. The lowest BCUT2D eigenvalue weighted by Crippen LogP contribution is -2.18. The molecule has 0 fully saturated rings. The van der Waals surface area contributed by atoms with Crippen molar-refractivity contribution in [2.24, 2.45) is 5.41 Å². The van der Waals surface area contributed by atoms with Crippen LogP contribution in [0.3, 0.4) is 0 Å². The normalized spacial score (nSPS) is 13.9. The van der Waals surface area contributed by atoms with Crippen LogP contribution in [0, 0.1) is 11.2 Å². The number of alkyl halides is 1. The van der Waals surface area contributed by atoms with Crippen molar-refractivity contribution in [2.75, 3.05) is 0 Å². The third kappa shape index (κ3) is 4.65. The first-order valence-corrected chi connectivity index (χ1v) is 5.71. The highest BCUT2D eigenvalue weighted by molar-refractivity contribution is 6.20. The van der Waals surface area contributed by atoms with Crippen molar-refractivity contribution in [1.82, 2.24) is 0 Å². The van der Waals surface area contributed by atoms with Crippen molar-refractivity contribution >= 4 is 11.6 Å². The van der Waals surface area contributed by atoms with Crippen molar-refractivity contribution in [3.8, 4) is 0 Å². The van der Waals surface area contributed by atoms with Crippen LogP contribution in [0.1, 0.15) is 32.8 Å². The van der Waals surface area contributed by atoms with E-state index in [2.05, 4.69) is 13.8 Å². The Labute approximate surface area is 96.5 Å². The zero-order valence-corrected chi connectivity index (χ0v) is 10.3. The molecular formula is C13H18ClF. The van der Waals surface area contributed by atoms with Crippen molar-refractivity contribution in [1.29, 1.82) is 0 Å². The maximum absolute atomic E-state index is 12.7. The van der Waals surface area contributed by atoms with Crippen molar-refractivity contribution in [3.63, 3.8) is 0 Å². The Kier molecular flexibility index (Phi) is 4.15. The van der Waals surface area contributed by atoms with Crippen LogP contribution in [-0.2, 0) is 6.42 Å². The monoisotopic (exact) mass is 228 g/mol. The average Bonchev–Trinajstić information content (AvgIpc) is 2.06. The van der Waals surface area contributed by atoms with Crippen LogP contribution in [0.2, 0.25) is 0 Å². The first-order valence-electron chi connectivity index (χ1n) is 5.27. The maximum Gasteiger partial charge on any atom is 0.123 e. The fourth-order valence-corrected chi connectivity index (χ4v) is 2.41. The molecule has 0 radical (unpaired) electrons. The van der Waals surface area contributed by atoms with Crippen LogP contribution in [0.25, 0.3) is 0 Å². The Morgan fingerprint density at radius 2 is 1.80 bits per heavy atom. The maximum atomic E-state index is 12.7. The molecular weight excluding hydrogens is 211 g/mol. The van der Waals surface area contributed by atoms with Gasteiger partial charge in [-0.2, -0.15) is 0 Å². The van der Waals surface area contributed by atoms with E-state index >= 15 is 0 Å². The highest BCUT2D eigenvalue weighted by Gasteiger charge is 2.20. The molecule has 1 aromatic rings. The van der Waals surface area contributed by atoms with Crippen molar-refractivity contribution < 1.29 is 4.39 Å². The summed E-state index contributed by atoms with van der Waals surface area (Å²) in [7, 11) is 0. The van der Waals surface area contributed by atoms with Crippen molar-refractivity contribution in [2.45, 2.75) is 39.0 Å². The first kappa shape index (κ1) is 12.5. The molecule has 15 heavy (non-hydrogen) atoms. The minimum atomic E-state index is -0.178. The molecule has 1 unspecified atom stereocenters. The fourth-order valence-electron chi connectivity index (χ4n) is 1.99. The molecule has 0 bridgehead atoms. The third-order valence-electron chi connectivity index (χ3n) is 2.43. The lowest BCUT2D eigenvalue weighted by atomic mass is 9.82. The van der Waals surface area contributed by atoms with Gasteiger partial charge in [-0.15, -0.1) is 11.6 Å². The quantitative estimate of drug-likeness (QED) is 0.670. The number of benzene rings is 1. The average molecular weight is 229 g/mol. The van der Waals surface area contributed by atoms with Crippen LogP contribution < -0.4 is 0 Å². The minimum absolute atomic E-state index is 0.166. The second kappa shape index (κ2) is 4.98. The van der Waals surface area contributed by atoms with E-state index in [9.17, 15) is 4.39 Å². The lowest BCUT2D eigenvalue weighted by molar-refractivity contribution is 0.331. The second-order valence-electron chi connectivity index (χ2n) is 4.95. The molecule has 84 valence electrons. The topological polar surface area (TPSA) is 0 Å².